The molecule has 1 aliphatic heterocycles. The number of cyclic esters (lactones) is 1. The molecule has 2 heteroatoms. The monoisotopic (exact) mass is 260 g/mol. The van der Waals surface area contributed by atoms with Crippen molar-refractivity contribution in [2.75, 3.05) is 0 Å². The Hall–Kier alpha value is -1.31. The van der Waals surface area contributed by atoms with Crippen LogP contribution in [0.4, 0.5) is 0 Å². The number of carbonyl (C=O) groups excluding carboxylic acids is 1. The molecular formula is C17H24O2. The zero-order valence-electron chi connectivity index (χ0n) is 12.0. The SMILES string of the molecule is CCCCC1CCC(c2ccc(CC)cc2)OC1=O. The van der Waals surface area contributed by atoms with Gasteiger partial charge in [-0.15, -0.1) is 0 Å². The van der Waals surface area contributed by atoms with E-state index in [0.717, 1.165) is 44.1 Å². The number of esters is 1. The van der Waals surface area contributed by atoms with Crippen molar-refractivity contribution in [2.24, 2.45) is 5.92 Å². The summed E-state index contributed by atoms with van der Waals surface area (Å²) in [5.74, 6) is 0.135. The molecule has 1 aliphatic rings. The van der Waals surface area contributed by atoms with E-state index in [9.17, 15) is 4.79 Å². The van der Waals surface area contributed by atoms with Crippen LogP contribution in [0.3, 0.4) is 0 Å². The highest BCUT2D eigenvalue weighted by Gasteiger charge is 2.30. The molecule has 1 aromatic rings. The van der Waals surface area contributed by atoms with Crippen LogP contribution in [-0.4, -0.2) is 5.97 Å². The maximum atomic E-state index is 12.0. The van der Waals surface area contributed by atoms with E-state index in [0.29, 0.717) is 0 Å². The van der Waals surface area contributed by atoms with Crippen molar-refractivity contribution in [1.29, 1.82) is 0 Å². The molecule has 0 aliphatic carbocycles. The van der Waals surface area contributed by atoms with Crippen molar-refractivity contribution >= 4 is 5.97 Å². The van der Waals surface area contributed by atoms with Gasteiger partial charge in [0.2, 0.25) is 0 Å². The molecule has 0 N–H and O–H groups in total. The van der Waals surface area contributed by atoms with E-state index >= 15 is 0 Å². The largest absolute Gasteiger partial charge is 0.457 e. The van der Waals surface area contributed by atoms with E-state index in [2.05, 4.69) is 38.1 Å². The molecule has 2 rings (SSSR count). The van der Waals surface area contributed by atoms with Crippen molar-refractivity contribution < 1.29 is 9.53 Å². The maximum absolute atomic E-state index is 12.0. The van der Waals surface area contributed by atoms with Gasteiger partial charge in [0.05, 0.1) is 5.92 Å². The Morgan fingerprint density at radius 2 is 1.89 bits per heavy atom. The minimum atomic E-state index is -0.0312. The Balaban J connectivity index is 1.95. The van der Waals surface area contributed by atoms with E-state index in [1.807, 2.05) is 0 Å². The van der Waals surface area contributed by atoms with Gasteiger partial charge in [0.1, 0.15) is 6.10 Å². The Bertz CT molecular complexity index is 408. The first-order valence-corrected chi connectivity index (χ1v) is 7.54. The minimum Gasteiger partial charge on any atom is -0.457 e. The molecule has 1 saturated heterocycles. The van der Waals surface area contributed by atoms with Crippen LogP contribution in [0.1, 0.15) is 63.2 Å². The highest BCUT2D eigenvalue weighted by atomic mass is 16.5. The first-order chi connectivity index (χ1) is 9.24. The smallest absolute Gasteiger partial charge is 0.309 e. The van der Waals surface area contributed by atoms with Gasteiger partial charge in [-0.05, 0) is 36.8 Å². The molecule has 19 heavy (non-hydrogen) atoms. The van der Waals surface area contributed by atoms with Gasteiger partial charge in [0, 0.05) is 0 Å². The molecule has 0 radical (unpaired) electrons. The van der Waals surface area contributed by atoms with Crippen molar-refractivity contribution in [3.8, 4) is 0 Å². The number of hydrogen-bond donors (Lipinski definition) is 0. The van der Waals surface area contributed by atoms with Gasteiger partial charge in [-0.1, -0.05) is 51.0 Å². The fourth-order valence-electron chi connectivity index (χ4n) is 2.68. The Labute approximate surface area is 116 Å². The summed E-state index contributed by atoms with van der Waals surface area (Å²) in [5, 5.41) is 0. The molecule has 0 aromatic heterocycles. The summed E-state index contributed by atoms with van der Waals surface area (Å²) in [4.78, 5) is 12.0. The molecule has 0 amide bonds. The van der Waals surface area contributed by atoms with Gasteiger partial charge in [-0.2, -0.15) is 0 Å². The fourth-order valence-corrected chi connectivity index (χ4v) is 2.68. The van der Waals surface area contributed by atoms with E-state index in [4.69, 9.17) is 4.74 Å². The molecule has 0 saturated carbocycles. The fraction of sp³-hybridized carbons (Fsp3) is 0.588. The molecule has 2 atom stereocenters. The first kappa shape index (κ1) is 14.1. The summed E-state index contributed by atoms with van der Waals surface area (Å²) >= 11 is 0. The van der Waals surface area contributed by atoms with Gasteiger partial charge in [-0.3, -0.25) is 4.79 Å². The second-order valence-corrected chi connectivity index (χ2v) is 5.44. The molecule has 1 heterocycles. The molecule has 104 valence electrons. The summed E-state index contributed by atoms with van der Waals surface area (Å²) in [6.07, 6.45) is 6.20. The van der Waals surface area contributed by atoms with Crippen molar-refractivity contribution in [3.05, 3.63) is 35.4 Å². The molecule has 2 nitrogen and oxygen atoms in total. The molecule has 1 fully saturated rings. The quantitative estimate of drug-likeness (QED) is 0.732. The van der Waals surface area contributed by atoms with Crippen LogP contribution in [0.25, 0.3) is 0 Å². The number of carbonyl (C=O) groups is 1. The second kappa shape index (κ2) is 6.74. The van der Waals surface area contributed by atoms with Crippen LogP contribution in [0.15, 0.2) is 24.3 Å². The lowest BCUT2D eigenvalue weighted by molar-refractivity contribution is -0.161. The van der Waals surface area contributed by atoms with Crippen molar-refractivity contribution in [3.63, 3.8) is 0 Å². The minimum absolute atomic E-state index is 0.00395. The predicted molar refractivity (Wildman–Crippen MR) is 76.9 cm³/mol. The summed E-state index contributed by atoms with van der Waals surface area (Å²) in [6.45, 7) is 4.31. The summed E-state index contributed by atoms with van der Waals surface area (Å²) in [6, 6.07) is 8.46. The van der Waals surface area contributed by atoms with Crippen molar-refractivity contribution in [2.45, 2.75) is 58.5 Å². The lowest BCUT2D eigenvalue weighted by Crippen LogP contribution is -2.26. The van der Waals surface area contributed by atoms with Crippen molar-refractivity contribution in [1.82, 2.24) is 0 Å². The topological polar surface area (TPSA) is 26.3 Å². The highest BCUT2D eigenvalue weighted by Crippen LogP contribution is 2.33. The van der Waals surface area contributed by atoms with Crippen LogP contribution >= 0.6 is 0 Å². The van der Waals surface area contributed by atoms with Gasteiger partial charge in [0.25, 0.3) is 0 Å². The van der Waals surface area contributed by atoms with E-state index in [1.54, 1.807) is 0 Å². The molecular weight excluding hydrogens is 236 g/mol. The third-order valence-electron chi connectivity index (χ3n) is 4.03. The van der Waals surface area contributed by atoms with Crippen LogP contribution < -0.4 is 0 Å². The maximum Gasteiger partial charge on any atom is 0.309 e. The van der Waals surface area contributed by atoms with Crippen LogP contribution in [0.2, 0.25) is 0 Å². The highest BCUT2D eigenvalue weighted by molar-refractivity contribution is 5.73. The summed E-state index contributed by atoms with van der Waals surface area (Å²) < 4.78 is 5.62. The van der Waals surface area contributed by atoms with Crippen LogP contribution in [-0.2, 0) is 16.0 Å². The predicted octanol–water partition coefficient (Wildman–Crippen LogP) is 4.43. The molecule has 0 bridgehead atoms. The van der Waals surface area contributed by atoms with E-state index < -0.39 is 0 Å². The Kier molecular flexibility index (Phi) is 5.00. The number of ether oxygens (including phenoxy) is 1. The Morgan fingerprint density at radius 1 is 1.16 bits per heavy atom. The zero-order valence-corrected chi connectivity index (χ0v) is 12.0. The number of benzene rings is 1. The molecule has 1 aromatic carbocycles. The lowest BCUT2D eigenvalue weighted by atomic mass is 9.90. The van der Waals surface area contributed by atoms with E-state index in [-0.39, 0.29) is 18.0 Å². The average molecular weight is 260 g/mol. The zero-order chi connectivity index (χ0) is 13.7. The molecule has 0 spiro atoms. The van der Waals surface area contributed by atoms with Gasteiger partial charge < -0.3 is 4.74 Å². The Morgan fingerprint density at radius 3 is 2.47 bits per heavy atom. The summed E-state index contributed by atoms with van der Waals surface area (Å²) in [7, 11) is 0. The lowest BCUT2D eigenvalue weighted by Gasteiger charge is -2.28. The molecule has 2 unspecified atom stereocenters. The number of aryl methyl sites for hydroxylation is 1. The summed E-state index contributed by atoms with van der Waals surface area (Å²) in [5.41, 5.74) is 2.46. The van der Waals surface area contributed by atoms with Crippen LogP contribution in [0.5, 0.6) is 0 Å². The van der Waals surface area contributed by atoms with Crippen LogP contribution in [0, 0.1) is 5.92 Å². The standard InChI is InChI=1S/C17H24O2/c1-3-5-6-15-11-12-16(19-17(15)18)14-9-7-13(4-2)8-10-14/h7-10,15-16H,3-6,11-12H2,1-2H3. The van der Waals surface area contributed by atoms with Gasteiger partial charge in [0.15, 0.2) is 0 Å². The third-order valence-corrected chi connectivity index (χ3v) is 4.03. The second-order valence-electron chi connectivity index (χ2n) is 5.44. The normalized spacial score (nSPS) is 23.2. The van der Waals surface area contributed by atoms with E-state index in [1.165, 1.54) is 5.56 Å². The third kappa shape index (κ3) is 3.59. The number of unbranched alkanes of at least 4 members (excludes halogenated alkanes) is 1. The van der Waals surface area contributed by atoms with Gasteiger partial charge in [-0.25, -0.2) is 0 Å². The number of hydrogen-bond acceptors (Lipinski definition) is 2. The number of rotatable bonds is 5. The average Bonchev–Trinajstić information content (AvgIpc) is 2.46. The first-order valence-electron chi connectivity index (χ1n) is 7.54. The van der Waals surface area contributed by atoms with Gasteiger partial charge >= 0.3 is 5.97 Å².